The Morgan fingerprint density at radius 2 is 1.95 bits per heavy atom. The molecule has 3 heteroatoms. The van der Waals surface area contributed by atoms with Gasteiger partial charge in [0.15, 0.2) is 0 Å². The summed E-state index contributed by atoms with van der Waals surface area (Å²) in [6, 6.07) is 10.4. The summed E-state index contributed by atoms with van der Waals surface area (Å²) in [4.78, 5) is 4.58. The van der Waals surface area contributed by atoms with E-state index in [2.05, 4.69) is 34.6 Å². The molecule has 112 valence electrons. The molecule has 2 N–H and O–H groups in total. The fraction of sp³-hybridized carbons (Fsp3) is 0.500. The molecule has 2 atom stereocenters. The first-order chi connectivity index (χ1) is 10.3. The number of rotatable bonds is 4. The average molecular weight is 284 g/mol. The van der Waals surface area contributed by atoms with Crippen molar-refractivity contribution < 1.29 is 5.11 Å². The van der Waals surface area contributed by atoms with Crippen LogP contribution >= 0.6 is 0 Å². The molecule has 3 nitrogen and oxygen atoms in total. The quantitative estimate of drug-likeness (QED) is 0.898. The normalized spacial score (nSPS) is 22.4. The van der Waals surface area contributed by atoms with Crippen LogP contribution in [-0.2, 0) is 0 Å². The third-order valence-corrected chi connectivity index (χ3v) is 4.70. The molecular formula is C18H24N2O. The van der Waals surface area contributed by atoms with Crippen LogP contribution in [0.3, 0.4) is 0 Å². The Morgan fingerprint density at radius 1 is 1.19 bits per heavy atom. The molecule has 1 aliphatic carbocycles. The predicted molar refractivity (Wildman–Crippen MR) is 87.5 cm³/mol. The SMILES string of the molecule is Cc1cc(NCC2CCCCC2CO)c2ccccc2n1. The van der Waals surface area contributed by atoms with E-state index in [0.717, 1.165) is 17.8 Å². The summed E-state index contributed by atoms with van der Waals surface area (Å²) in [5, 5.41) is 14.3. The lowest BCUT2D eigenvalue weighted by Crippen LogP contribution is -2.28. The Labute approximate surface area is 126 Å². The number of hydrogen-bond donors (Lipinski definition) is 2. The minimum atomic E-state index is 0.322. The van der Waals surface area contributed by atoms with Gasteiger partial charge in [-0.25, -0.2) is 0 Å². The van der Waals surface area contributed by atoms with Gasteiger partial charge < -0.3 is 10.4 Å². The number of hydrogen-bond acceptors (Lipinski definition) is 3. The lowest BCUT2D eigenvalue weighted by atomic mass is 9.79. The van der Waals surface area contributed by atoms with E-state index in [1.807, 2.05) is 13.0 Å². The number of aromatic nitrogens is 1. The molecule has 1 saturated carbocycles. The molecule has 1 aromatic heterocycles. The second kappa shape index (κ2) is 6.44. The second-order valence-corrected chi connectivity index (χ2v) is 6.20. The van der Waals surface area contributed by atoms with E-state index in [0.29, 0.717) is 18.4 Å². The number of nitrogens with one attached hydrogen (secondary N) is 1. The Kier molecular flexibility index (Phi) is 4.39. The molecule has 1 heterocycles. The lowest BCUT2D eigenvalue weighted by molar-refractivity contribution is 0.141. The largest absolute Gasteiger partial charge is 0.396 e. The fourth-order valence-electron chi connectivity index (χ4n) is 3.49. The topological polar surface area (TPSA) is 45.1 Å². The smallest absolute Gasteiger partial charge is 0.0725 e. The molecule has 1 aliphatic rings. The molecule has 2 aromatic rings. The number of anilines is 1. The van der Waals surface area contributed by atoms with Gasteiger partial charge >= 0.3 is 0 Å². The van der Waals surface area contributed by atoms with Crippen molar-refractivity contribution in [3.05, 3.63) is 36.0 Å². The van der Waals surface area contributed by atoms with Crippen LogP contribution in [0.4, 0.5) is 5.69 Å². The third-order valence-electron chi connectivity index (χ3n) is 4.70. The molecule has 0 saturated heterocycles. The van der Waals surface area contributed by atoms with Crippen molar-refractivity contribution in [2.75, 3.05) is 18.5 Å². The Morgan fingerprint density at radius 3 is 2.76 bits per heavy atom. The molecule has 21 heavy (non-hydrogen) atoms. The molecule has 0 bridgehead atoms. The first kappa shape index (κ1) is 14.3. The van der Waals surface area contributed by atoms with Crippen LogP contribution in [0.5, 0.6) is 0 Å². The number of nitrogens with zero attached hydrogens (tertiary/aromatic N) is 1. The first-order valence-electron chi connectivity index (χ1n) is 7.99. The van der Waals surface area contributed by atoms with Gasteiger partial charge in [-0.1, -0.05) is 31.0 Å². The highest BCUT2D eigenvalue weighted by molar-refractivity contribution is 5.91. The van der Waals surface area contributed by atoms with Crippen molar-refractivity contribution in [1.29, 1.82) is 0 Å². The van der Waals surface area contributed by atoms with Gasteiger partial charge in [-0.15, -0.1) is 0 Å². The Bertz CT molecular complexity index is 611. The standard InChI is InChI=1S/C18H24N2O/c1-13-10-18(16-8-4-5-9-17(16)20-13)19-11-14-6-2-3-7-15(14)12-21/h4-5,8-10,14-15,21H,2-3,6-7,11-12H2,1H3,(H,19,20). The van der Waals surface area contributed by atoms with Crippen molar-refractivity contribution in [1.82, 2.24) is 4.98 Å². The highest BCUT2D eigenvalue weighted by Gasteiger charge is 2.24. The van der Waals surface area contributed by atoms with Gasteiger partial charge in [-0.3, -0.25) is 4.98 Å². The number of benzene rings is 1. The van der Waals surface area contributed by atoms with Gasteiger partial charge in [-0.05, 0) is 43.7 Å². The molecule has 2 unspecified atom stereocenters. The van der Waals surface area contributed by atoms with E-state index in [-0.39, 0.29) is 0 Å². The fourth-order valence-corrected chi connectivity index (χ4v) is 3.49. The summed E-state index contributed by atoms with van der Waals surface area (Å²) >= 11 is 0. The average Bonchev–Trinajstić information content (AvgIpc) is 2.52. The van der Waals surface area contributed by atoms with E-state index in [9.17, 15) is 5.11 Å². The zero-order chi connectivity index (χ0) is 14.7. The van der Waals surface area contributed by atoms with Crippen LogP contribution in [0.25, 0.3) is 10.9 Å². The molecule has 1 fully saturated rings. The van der Waals surface area contributed by atoms with E-state index < -0.39 is 0 Å². The maximum Gasteiger partial charge on any atom is 0.0725 e. The number of aliphatic hydroxyl groups is 1. The van der Waals surface area contributed by atoms with Crippen LogP contribution in [0.15, 0.2) is 30.3 Å². The van der Waals surface area contributed by atoms with Gasteiger partial charge in [0.2, 0.25) is 0 Å². The summed E-state index contributed by atoms with van der Waals surface area (Å²) in [7, 11) is 0. The minimum Gasteiger partial charge on any atom is -0.396 e. The zero-order valence-corrected chi connectivity index (χ0v) is 12.7. The summed E-state index contributed by atoms with van der Waals surface area (Å²) in [6.07, 6.45) is 4.94. The van der Waals surface area contributed by atoms with Gasteiger partial charge in [0.05, 0.1) is 5.52 Å². The van der Waals surface area contributed by atoms with Crippen molar-refractivity contribution in [2.45, 2.75) is 32.6 Å². The van der Waals surface area contributed by atoms with Crippen LogP contribution < -0.4 is 5.32 Å². The third kappa shape index (κ3) is 3.18. The van der Waals surface area contributed by atoms with Crippen molar-refractivity contribution in [2.24, 2.45) is 11.8 Å². The predicted octanol–water partition coefficient (Wildman–Crippen LogP) is 3.75. The maximum absolute atomic E-state index is 9.54. The number of aliphatic hydroxyl groups excluding tert-OH is 1. The molecule has 0 aliphatic heterocycles. The number of para-hydroxylation sites is 1. The van der Waals surface area contributed by atoms with E-state index >= 15 is 0 Å². The van der Waals surface area contributed by atoms with Crippen LogP contribution in [-0.4, -0.2) is 23.2 Å². The van der Waals surface area contributed by atoms with Gasteiger partial charge in [0.25, 0.3) is 0 Å². The van der Waals surface area contributed by atoms with E-state index in [1.165, 1.54) is 36.8 Å². The van der Waals surface area contributed by atoms with Gasteiger partial charge in [-0.2, -0.15) is 0 Å². The van der Waals surface area contributed by atoms with Gasteiger partial charge in [0.1, 0.15) is 0 Å². The van der Waals surface area contributed by atoms with Crippen LogP contribution in [0.2, 0.25) is 0 Å². The van der Waals surface area contributed by atoms with Crippen molar-refractivity contribution in [3.8, 4) is 0 Å². The number of aryl methyl sites for hydroxylation is 1. The summed E-state index contributed by atoms with van der Waals surface area (Å²) in [6.45, 7) is 3.30. The number of fused-ring (bicyclic) bond motifs is 1. The van der Waals surface area contributed by atoms with Crippen LogP contribution in [0.1, 0.15) is 31.4 Å². The summed E-state index contributed by atoms with van der Waals surface area (Å²) < 4.78 is 0. The summed E-state index contributed by atoms with van der Waals surface area (Å²) in [5.41, 5.74) is 3.25. The Hall–Kier alpha value is -1.61. The molecule has 3 rings (SSSR count). The molecule has 0 amide bonds. The molecule has 0 radical (unpaired) electrons. The second-order valence-electron chi connectivity index (χ2n) is 6.20. The van der Waals surface area contributed by atoms with Gasteiger partial charge in [0, 0.05) is 29.9 Å². The highest BCUT2D eigenvalue weighted by Crippen LogP contribution is 2.31. The molecule has 0 spiro atoms. The number of pyridine rings is 1. The Balaban J connectivity index is 1.78. The van der Waals surface area contributed by atoms with Crippen molar-refractivity contribution >= 4 is 16.6 Å². The molecular weight excluding hydrogens is 260 g/mol. The zero-order valence-electron chi connectivity index (χ0n) is 12.7. The highest BCUT2D eigenvalue weighted by atomic mass is 16.3. The monoisotopic (exact) mass is 284 g/mol. The van der Waals surface area contributed by atoms with Crippen LogP contribution in [0, 0.1) is 18.8 Å². The minimum absolute atomic E-state index is 0.322. The summed E-state index contributed by atoms with van der Waals surface area (Å²) in [5.74, 6) is 1.04. The molecule has 1 aromatic carbocycles. The maximum atomic E-state index is 9.54. The van der Waals surface area contributed by atoms with E-state index in [1.54, 1.807) is 0 Å². The van der Waals surface area contributed by atoms with Crippen molar-refractivity contribution in [3.63, 3.8) is 0 Å². The first-order valence-corrected chi connectivity index (χ1v) is 7.99. The van der Waals surface area contributed by atoms with E-state index in [4.69, 9.17) is 0 Å². The lowest BCUT2D eigenvalue weighted by Gasteiger charge is -2.30.